The number of aliphatic hydroxyl groups excluding tert-OH is 1. The van der Waals surface area contributed by atoms with Crippen LogP contribution in [-0.4, -0.2) is 36.2 Å². The number of nitrogens with two attached hydrogens (primary N) is 1. The molecule has 3 nitrogen and oxygen atoms in total. The SMILES string of the molecule is CC(C)(CN)CN(CCO)Cc1ccccc1. The summed E-state index contributed by atoms with van der Waals surface area (Å²) in [7, 11) is 0. The van der Waals surface area contributed by atoms with Gasteiger partial charge in [0.05, 0.1) is 6.61 Å². The minimum Gasteiger partial charge on any atom is -0.395 e. The number of rotatable bonds is 7. The highest BCUT2D eigenvalue weighted by molar-refractivity contribution is 5.14. The Morgan fingerprint density at radius 1 is 1.24 bits per heavy atom. The zero-order valence-electron chi connectivity index (χ0n) is 10.9. The lowest BCUT2D eigenvalue weighted by molar-refractivity contribution is 0.141. The Morgan fingerprint density at radius 3 is 2.41 bits per heavy atom. The third kappa shape index (κ3) is 5.31. The van der Waals surface area contributed by atoms with Gasteiger partial charge < -0.3 is 10.8 Å². The Kier molecular flexibility index (Phi) is 5.62. The van der Waals surface area contributed by atoms with Gasteiger partial charge in [0.15, 0.2) is 0 Å². The first-order valence-electron chi connectivity index (χ1n) is 6.14. The van der Waals surface area contributed by atoms with Crippen LogP contribution < -0.4 is 5.73 Å². The van der Waals surface area contributed by atoms with Crippen LogP contribution in [0.1, 0.15) is 19.4 Å². The van der Waals surface area contributed by atoms with Crippen molar-refractivity contribution in [3.05, 3.63) is 35.9 Å². The van der Waals surface area contributed by atoms with E-state index in [2.05, 4.69) is 30.9 Å². The number of hydrogen-bond acceptors (Lipinski definition) is 3. The van der Waals surface area contributed by atoms with Gasteiger partial charge in [0, 0.05) is 19.6 Å². The summed E-state index contributed by atoms with van der Waals surface area (Å²) in [6.45, 7) is 7.62. The van der Waals surface area contributed by atoms with E-state index < -0.39 is 0 Å². The van der Waals surface area contributed by atoms with Crippen LogP contribution >= 0.6 is 0 Å². The second-order valence-corrected chi connectivity index (χ2v) is 5.29. The molecule has 0 fully saturated rings. The molecule has 0 atom stereocenters. The summed E-state index contributed by atoms with van der Waals surface area (Å²) < 4.78 is 0. The van der Waals surface area contributed by atoms with Crippen molar-refractivity contribution in [3.63, 3.8) is 0 Å². The summed E-state index contributed by atoms with van der Waals surface area (Å²) in [6, 6.07) is 10.3. The van der Waals surface area contributed by atoms with Crippen molar-refractivity contribution in [3.8, 4) is 0 Å². The predicted octanol–water partition coefficient (Wildman–Crippen LogP) is 1.47. The standard InChI is InChI=1S/C14H24N2O/c1-14(2,11-15)12-16(8-9-17)10-13-6-4-3-5-7-13/h3-7,17H,8-12,15H2,1-2H3. The molecule has 96 valence electrons. The van der Waals surface area contributed by atoms with E-state index in [1.807, 2.05) is 18.2 Å². The smallest absolute Gasteiger partial charge is 0.0558 e. The van der Waals surface area contributed by atoms with E-state index in [-0.39, 0.29) is 12.0 Å². The Hall–Kier alpha value is -0.900. The van der Waals surface area contributed by atoms with E-state index in [1.165, 1.54) is 5.56 Å². The average Bonchev–Trinajstić information content (AvgIpc) is 2.30. The van der Waals surface area contributed by atoms with Crippen molar-refractivity contribution in [1.29, 1.82) is 0 Å². The number of nitrogens with zero attached hydrogens (tertiary/aromatic N) is 1. The Morgan fingerprint density at radius 2 is 1.88 bits per heavy atom. The fourth-order valence-corrected chi connectivity index (χ4v) is 1.87. The molecule has 0 unspecified atom stereocenters. The van der Waals surface area contributed by atoms with E-state index in [9.17, 15) is 0 Å². The molecule has 0 bridgehead atoms. The molecule has 0 aromatic heterocycles. The number of aliphatic hydroxyl groups is 1. The molecule has 0 saturated carbocycles. The Balaban J connectivity index is 2.60. The highest BCUT2D eigenvalue weighted by Gasteiger charge is 2.19. The molecule has 3 N–H and O–H groups in total. The van der Waals surface area contributed by atoms with Crippen molar-refractivity contribution >= 4 is 0 Å². The quantitative estimate of drug-likeness (QED) is 0.753. The molecule has 17 heavy (non-hydrogen) atoms. The second-order valence-electron chi connectivity index (χ2n) is 5.29. The van der Waals surface area contributed by atoms with Gasteiger partial charge in [-0.3, -0.25) is 4.90 Å². The molecule has 0 saturated heterocycles. The van der Waals surface area contributed by atoms with Crippen LogP contribution in [0, 0.1) is 5.41 Å². The van der Waals surface area contributed by atoms with Crippen LogP contribution in [0.25, 0.3) is 0 Å². The van der Waals surface area contributed by atoms with Gasteiger partial charge in [-0.2, -0.15) is 0 Å². The van der Waals surface area contributed by atoms with Crippen LogP contribution in [0.5, 0.6) is 0 Å². The fourth-order valence-electron chi connectivity index (χ4n) is 1.87. The first kappa shape index (κ1) is 14.2. The molecule has 1 aromatic rings. The monoisotopic (exact) mass is 236 g/mol. The van der Waals surface area contributed by atoms with Crippen molar-refractivity contribution in [1.82, 2.24) is 4.90 Å². The summed E-state index contributed by atoms with van der Waals surface area (Å²) >= 11 is 0. The van der Waals surface area contributed by atoms with Gasteiger partial charge in [0.1, 0.15) is 0 Å². The lowest BCUT2D eigenvalue weighted by Crippen LogP contribution is -2.39. The predicted molar refractivity (Wildman–Crippen MR) is 71.6 cm³/mol. The van der Waals surface area contributed by atoms with Gasteiger partial charge >= 0.3 is 0 Å². The van der Waals surface area contributed by atoms with Crippen LogP contribution in [0.2, 0.25) is 0 Å². The fraction of sp³-hybridized carbons (Fsp3) is 0.571. The van der Waals surface area contributed by atoms with Crippen molar-refractivity contribution < 1.29 is 5.11 Å². The third-order valence-corrected chi connectivity index (χ3v) is 2.87. The lowest BCUT2D eigenvalue weighted by Gasteiger charge is -2.31. The molecule has 0 aliphatic heterocycles. The summed E-state index contributed by atoms with van der Waals surface area (Å²) in [5.74, 6) is 0. The molecule has 1 rings (SSSR count). The highest BCUT2D eigenvalue weighted by atomic mass is 16.3. The van der Waals surface area contributed by atoms with Crippen molar-refractivity contribution in [2.75, 3.05) is 26.2 Å². The van der Waals surface area contributed by atoms with E-state index in [0.717, 1.165) is 13.1 Å². The largest absolute Gasteiger partial charge is 0.395 e. The van der Waals surface area contributed by atoms with Crippen molar-refractivity contribution in [2.45, 2.75) is 20.4 Å². The van der Waals surface area contributed by atoms with E-state index in [0.29, 0.717) is 13.1 Å². The number of benzene rings is 1. The molecular formula is C14H24N2O. The van der Waals surface area contributed by atoms with Crippen LogP contribution in [0.15, 0.2) is 30.3 Å². The number of hydrogen-bond donors (Lipinski definition) is 2. The third-order valence-electron chi connectivity index (χ3n) is 2.87. The summed E-state index contributed by atoms with van der Waals surface area (Å²) in [4.78, 5) is 2.25. The van der Waals surface area contributed by atoms with Gasteiger partial charge in [-0.15, -0.1) is 0 Å². The molecule has 0 heterocycles. The summed E-state index contributed by atoms with van der Waals surface area (Å²) in [5, 5.41) is 9.11. The normalized spacial score (nSPS) is 12.1. The summed E-state index contributed by atoms with van der Waals surface area (Å²) in [6.07, 6.45) is 0. The minimum absolute atomic E-state index is 0.0873. The zero-order chi connectivity index (χ0) is 12.7. The van der Waals surface area contributed by atoms with Crippen molar-refractivity contribution in [2.24, 2.45) is 11.1 Å². The first-order valence-corrected chi connectivity index (χ1v) is 6.14. The molecule has 0 aliphatic carbocycles. The van der Waals surface area contributed by atoms with Gasteiger partial charge in [-0.1, -0.05) is 44.2 Å². The van der Waals surface area contributed by atoms with Gasteiger partial charge in [-0.05, 0) is 17.5 Å². The molecule has 3 heteroatoms. The van der Waals surface area contributed by atoms with E-state index >= 15 is 0 Å². The second kappa shape index (κ2) is 6.74. The summed E-state index contributed by atoms with van der Waals surface area (Å²) in [5.41, 5.74) is 7.11. The Labute approximate surface area is 104 Å². The average molecular weight is 236 g/mol. The maximum atomic E-state index is 9.11. The van der Waals surface area contributed by atoms with Gasteiger partial charge in [0.25, 0.3) is 0 Å². The highest BCUT2D eigenvalue weighted by Crippen LogP contribution is 2.16. The minimum atomic E-state index is 0.0873. The van der Waals surface area contributed by atoms with Gasteiger partial charge in [0.2, 0.25) is 0 Å². The van der Waals surface area contributed by atoms with Crippen LogP contribution in [0.4, 0.5) is 0 Å². The Bertz CT molecular complexity index is 311. The molecule has 0 spiro atoms. The molecule has 0 amide bonds. The van der Waals surface area contributed by atoms with Gasteiger partial charge in [-0.25, -0.2) is 0 Å². The van der Waals surface area contributed by atoms with Crippen LogP contribution in [-0.2, 0) is 6.54 Å². The van der Waals surface area contributed by atoms with Crippen LogP contribution in [0.3, 0.4) is 0 Å². The molecule has 0 radical (unpaired) electrons. The first-order chi connectivity index (χ1) is 8.07. The lowest BCUT2D eigenvalue weighted by atomic mass is 9.93. The molecular weight excluding hydrogens is 212 g/mol. The molecule has 1 aromatic carbocycles. The van der Waals surface area contributed by atoms with E-state index in [4.69, 9.17) is 10.8 Å². The maximum Gasteiger partial charge on any atom is 0.0558 e. The topological polar surface area (TPSA) is 49.5 Å². The molecule has 0 aliphatic rings. The van der Waals surface area contributed by atoms with E-state index in [1.54, 1.807) is 0 Å². The maximum absolute atomic E-state index is 9.11. The zero-order valence-corrected chi connectivity index (χ0v) is 10.9.